The average Bonchev–Trinajstić information content (AvgIpc) is 2.87. The predicted octanol–water partition coefficient (Wildman–Crippen LogP) is 4.95. The third-order valence-electron chi connectivity index (χ3n) is 4.98. The van der Waals surface area contributed by atoms with E-state index in [0.29, 0.717) is 5.02 Å². The van der Waals surface area contributed by atoms with Gasteiger partial charge in [-0.3, -0.25) is 0 Å². The number of nitrogens with zero attached hydrogens (tertiary/aromatic N) is 3. The normalized spacial score (nSPS) is 24.6. The van der Waals surface area contributed by atoms with Gasteiger partial charge in [-0.15, -0.1) is 0 Å². The maximum atomic E-state index is 11.5. The Balaban J connectivity index is 2.18. The number of aliphatic hydroxyl groups is 1. The molecule has 4 nitrogen and oxygen atoms in total. The van der Waals surface area contributed by atoms with Crippen LogP contribution in [0.5, 0.6) is 0 Å². The number of hydrogen-bond acceptors (Lipinski definition) is 3. The van der Waals surface area contributed by atoms with Gasteiger partial charge in [0.1, 0.15) is 22.7 Å². The molecule has 2 unspecified atom stereocenters. The van der Waals surface area contributed by atoms with Crippen LogP contribution in [0.4, 0.5) is 0 Å². The molecule has 5 heteroatoms. The standard InChI is InChI=1S/C20H26ClN3O/c1-18(2,3)13-9-10-20(25,19(4,5)6)17(11-13)24-22-15-8-7-14(21)12-16(15)23-24/h7-12,17,25H,1-6H3. The number of benzene rings is 1. The highest BCUT2D eigenvalue weighted by Gasteiger charge is 2.48. The quantitative estimate of drug-likeness (QED) is 0.784. The topological polar surface area (TPSA) is 50.9 Å². The molecular weight excluding hydrogens is 334 g/mol. The van der Waals surface area contributed by atoms with Gasteiger partial charge in [0, 0.05) is 5.02 Å². The molecule has 25 heavy (non-hydrogen) atoms. The number of hydrogen-bond donors (Lipinski definition) is 1. The van der Waals surface area contributed by atoms with E-state index in [1.165, 1.54) is 0 Å². The summed E-state index contributed by atoms with van der Waals surface area (Å²) in [4.78, 5) is 1.63. The zero-order valence-electron chi connectivity index (χ0n) is 15.7. The van der Waals surface area contributed by atoms with Crippen LogP contribution in [0, 0.1) is 10.8 Å². The third kappa shape index (κ3) is 3.13. The summed E-state index contributed by atoms with van der Waals surface area (Å²) in [6, 6.07) is 5.06. The summed E-state index contributed by atoms with van der Waals surface area (Å²) in [7, 11) is 0. The summed E-state index contributed by atoms with van der Waals surface area (Å²) in [5, 5.41) is 21.4. The minimum Gasteiger partial charge on any atom is -0.383 e. The van der Waals surface area contributed by atoms with Gasteiger partial charge in [-0.2, -0.15) is 15.0 Å². The van der Waals surface area contributed by atoms with Crippen LogP contribution in [-0.2, 0) is 0 Å². The fraction of sp³-hybridized carbons (Fsp3) is 0.500. The Morgan fingerprint density at radius 3 is 2.32 bits per heavy atom. The lowest BCUT2D eigenvalue weighted by molar-refractivity contribution is -0.0513. The first kappa shape index (κ1) is 18.2. The molecule has 0 radical (unpaired) electrons. The smallest absolute Gasteiger partial charge is 0.123 e. The Morgan fingerprint density at radius 1 is 1.08 bits per heavy atom. The first-order valence-corrected chi connectivity index (χ1v) is 8.96. The number of aromatic nitrogens is 3. The van der Waals surface area contributed by atoms with Gasteiger partial charge in [-0.05, 0) is 40.7 Å². The SMILES string of the molecule is CC(C)(C)C1=CC(n2nc3ccc(Cl)cc3n2)C(O)(C(C)(C)C)C=C1. The van der Waals surface area contributed by atoms with E-state index in [4.69, 9.17) is 11.6 Å². The number of rotatable bonds is 1. The fourth-order valence-electron chi connectivity index (χ4n) is 3.13. The van der Waals surface area contributed by atoms with E-state index in [2.05, 4.69) is 37.0 Å². The molecule has 1 aliphatic rings. The number of fused-ring (bicyclic) bond motifs is 1. The average molecular weight is 360 g/mol. The van der Waals surface area contributed by atoms with Crippen LogP contribution >= 0.6 is 11.6 Å². The maximum Gasteiger partial charge on any atom is 0.123 e. The van der Waals surface area contributed by atoms with Crippen molar-refractivity contribution in [2.75, 3.05) is 0 Å². The lowest BCUT2D eigenvalue weighted by Gasteiger charge is -2.45. The molecule has 1 N–H and O–H groups in total. The van der Waals surface area contributed by atoms with Crippen molar-refractivity contribution < 1.29 is 5.11 Å². The molecule has 0 saturated heterocycles. The Bertz CT molecular complexity index is 867. The first-order valence-electron chi connectivity index (χ1n) is 8.58. The molecule has 3 rings (SSSR count). The van der Waals surface area contributed by atoms with Crippen molar-refractivity contribution in [1.29, 1.82) is 0 Å². The first-order chi connectivity index (χ1) is 11.4. The van der Waals surface area contributed by atoms with Crippen LogP contribution in [0.3, 0.4) is 0 Å². The molecule has 1 aromatic heterocycles. The zero-order valence-corrected chi connectivity index (χ0v) is 16.5. The summed E-state index contributed by atoms with van der Waals surface area (Å²) < 4.78 is 0. The van der Waals surface area contributed by atoms with Crippen molar-refractivity contribution in [1.82, 2.24) is 15.0 Å². The second-order valence-electron chi connectivity index (χ2n) is 8.88. The van der Waals surface area contributed by atoms with E-state index in [0.717, 1.165) is 16.6 Å². The molecule has 134 valence electrons. The summed E-state index contributed by atoms with van der Waals surface area (Å²) in [6.45, 7) is 12.6. The van der Waals surface area contributed by atoms with Gasteiger partial charge >= 0.3 is 0 Å². The van der Waals surface area contributed by atoms with Crippen LogP contribution in [0.1, 0.15) is 47.6 Å². The lowest BCUT2D eigenvalue weighted by atomic mass is 9.67. The van der Waals surface area contributed by atoms with Gasteiger partial charge in [0.15, 0.2) is 0 Å². The largest absolute Gasteiger partial charge is 0.383 e. The van der Waals surface area contributed by atoms with Crippen molar-refractivity contribution in [2.45, 2.75) is 53.2 Å². The molecule has 0 aliphatic heterocycles. The van der Waals surface area contributed by atoms with Crippen molar-refractivity contribution in [2.24, 2.45) is 10.8 Å². The van der Waals surface area contributed by atoms with Crippen molar-refractivity contribution >= 4 is 22.6 Å². The molecular formula is C20H26ClN3O. The highest BCUT2D eigenvalue weighted by Crippen LogP contribution is 2.46. The van der Waals surface area contributed by atoms with Gasteiger partial charge < -0.3 is 5.11 Å². The maximum absolute atomic E-state index is 11.5. The molecule has 1 aliphatic carbocycles. The van der Waals surface area contributed by atoms with Gasteiger partial charge in [0.05, 0.1) is 0 Å². The Morgan fingerprint density at radius 2 is 1.72 bits per heavy atom. The van der Waals surface area contributed by atoms with E-state index in [-0.39, 0.29) is 10.8 Å². The Kier molecular flexibility index (Phi) is 4.12. The highest BCUT2D eigenvalue weighted by atomic mass is 35.5. The van der Waals surface area contributed by atoms with Gasteiger partial charge in [-0.25, -0.2) is 0 Å². The van der Waals surface area contributed by atoms with Crippen LogP contribution in [0.15, 0.2) is 42.0 Å². The molecule has 0 fully saturated rings. The molecule has 1 aromatic carbocycles. The molecule has 0 spiro atoms. The highest BCUT2D eigenvalue weighted by molar-refractivity contribution is 6.31. The van der Waals surface area contributed by atoms with Crippen LogP contribution in [0.25, 0.3) is 11.0 Å². The Hall–Kier alpha value is -1.65. The van der Waals surface area contributed by atoms with E-state index < -0.39 is 11.6 Å². The van der Waals surface area contributed by atoms with Crippen LogP contribution < -0.4 is 0 Å². The molecule has 2 aromatic rings. The minimum atomic E-state index is -1.10. The van der Waals surface area contributed by atoms with Gasteiger partial charge in [0.2, 0.25) is 0 Å². The number of allylic oxidation sites excluding steroid dienone is 2. The summed E-state index contributed by atoms with van der Waals surface area (Å²) in [5.74, 6) is 0. The molecule has 0 bridgehead atoms. The monoisotopic (exact) mass is 359 g/mol. The molecule has 0 saturated carbocycles. The number of halogens is 1. The Labute approximate surface area is 154 Å². The molecule has 2 atom stereocenters. The summed E-state index contributed by atoms with van der Waals surface area (Å²) in [5.41, 5.74) is 1.14. The van der Waals surface area contributed by atoms with Crippen molar-refractivity contribution in [3.05, 3.63) is 47.0 Å². The lowest BCUT2D eigenvalue weighted by Crippen LogP contribution is -2.50. The van der Waals surface area contributed by atoms with Gasteiger partial charge in [-0.1, -0.05) is 65.3 Å². The fourth-order valence-corrected chi connectivity index (χ4v) is 3.30. The van der Waals surface area contributed by atoms with E-state index >= 15 is 0 Å². The van der Waals surface area contributed by atoms with Crippen molar-refractivity contribution in [3.63, 3.8) is 0 Å². The predicted molar refractivity (Wildman–Crippen MR) is 103 cm³/mol. The summed E-state index contributed by atoms with van der Waals surface area (Å²) >= 11 is 6.08. The van der Waals surface area contributed by atoms with Crippen molar-refractivity contribution in [3.8, 4) is 0 Å². The van der Waals surface area contributed by atoms with Gasteiger partial charge in [0.25, 0.3) is 0 Å². The summed E-state index contributed by atoms with van der Waals surface area (Å²) in [6.07, 6.45) is 6.02. The molecule has 1 heterocycles. The minimum absolute atomic E-state index is 0.0240. The van der Waals surface area contributed by atoms with E-state index in [9.17, 15) is 5.11 Å². The third-order valence-corrected chi connectivity index (χ3v) is 5.21. The van der Waals surface area contributed by atoms with E-state index in [1.807, 2.05) is 39.0 Å². The molecule has 0 amide bonds. The second-order valence-corrected chi connectivity index (χ2v) is 9.32. The second kappa shape index (κ2) is 5.68. The van der Waals surface area contributed by atoms with Crippen LogP contribution in [-0.4, -0.2) is 25.7 Å². The van der Waals surface area contributed by atoms with Crippen LogP contribution in [0.2, 0.25) is 5.02 Å². The zero-order chi connectivity index (χ0) is 18.6. The van der Waals surface area contributed by atoms with E-state index in [1.54, 1.807) is 16.9 Å².